The second-order valence-electron chi connectivity index (χ2n) is 8.38. The van der Waals surface area contributed by atoms with E-state index < -0.39 is 0 Å². The number of rotatable bonds is 5. The molecule has 0 radical (unpaired) electrons. The molecule has 0 atom stereocenters. The third-order valence-electron chi connectivity index (χ3n) is 5.61. The number of amides is 1. The van der Waals surface area contributed by atoms with Gasteiger partial charge < -0.3 is 0 Å². The Hall–Kier alpha value is -2.91. The van der Waals surface area contributed by atoms with Crippen LogP contribution in [0.25, 0.3) is 11.7 Å². The molecule has 180 valence electrons. The van der Waals surface area contributed by atoms with Gasteiger partial charge in [0.05, 0.1) is 17.0 Å². The van der Waals surface area contributed by atoms with Crippen LogP contribution in [-0.2, 0) is 11.3 Å². The molecule has 5 nitrogen and oxygen atoms in total. The van der Waals surface area contributed by atoms with Gasteiger partial charge in [0.25, 0.3) is 11.5 Å². The highest BCUT2D eigenvalue weighted by Gasteiger charge is 2.32. The fraction of sp³-hybridized carbons (Fsp3) is 0.111. The number of hydrogen-bond donors (Lipinski definition) is 0. The zero-order valence-electron chi connectivity index (χ0n) is 19.4. The molecule has 1 saturated heterocycles. The van der Waals surface area contributed by atoms with Crippen LogP contribution in [0.15, 0.2) is 86.5 Å². The van der Waals surface area contributed by atoms with Crippen LogP contribution in [0.5, 0.6) is 0 Å². The largest absolute Gasteiger partial charge is 0.288 e. The normalized spacial score (nSPS) is 14.9. The maximum atomic E-state index is 13.6. The van der Waals surface area contributed by atoms with Crippen molar-refractivity contribution < 1.29 is 4.79 Å². The van der Waals surface area contributed by atoms with Crippen molar-refractivity contribution >= 4 is 69.3 Å². The number of pyridine rings is 1. The van der Waals surface area contributed by atoms with Gasteiger partial charge in [-0.25, -0.2) is 4.98 Å². The Morgan fingerprint density at radius 3 is 2.42 bits per heavy atom. The van der Waals surface area contributed by atoms with E-state index in [1.165, 1.54) is 27.9 Å². The molecule has 0 aliphatic carbocycles. The van der Waals surface area contributed by atoms with Crippen LogP contribution >= 0.6 is 47.3 Å². The van der Waals surface area contributed by atoms with E-state index in [0.717, 1.165) is 21.6 Å². The van der Waals surface area contributed by atoms with Crippen LogP contribution in [0.3, 0.4) is 0 Å². The molecular weight excluding hydrogens is 530 g/mol. The molecule has 1 fully saturated rings. The van der Waals surface area contributed by atoms with Crippen LogP contribution in [0, 0.1) is 13.8 Å². The minimum Gasteiger partial charge on any atom is -0.288 e. The third kappa shape index (κ3) is 5.13. The summed E-state index contributed by atoms with van der Waals surface area (Å²) < 4.78 is 1.98. The quantitative estimate of drug-likeness (QED) is 0.160. The first-order chi connectivity index (χ1) is 17.3. The monoisotopic (exact) mass is 549 g/mol. The van der Waals surface area contributed by atoms with E-state index in [0.29, 0.717) is 37.0 Å². The number of thioether (sulfide) groups is 1. The molecule has 36 heavy (non-hydrogen) atoms. The Morgan fingerprint density at radius 2 is 1.69 bits per heavy atom. The van der Waals surface area contributed by atoms with Crippen molar-refractivity contribution in [3.05, 3.63) is 109 Å². The van der Waals surface area contributed by atoms with E-state index in [1.54, 1.807) is 29.3 Å². The first-order valence-corrected chi connectivity index (χ1v) is 13.5. The highest BCUT2D eigenvalue weighted by molar-refractivity contribution is 8.26. The highest BCUT2D eigenvalue weighted by Crippen LogP contribution is 2.36. The molecule has 5 rings (SSSR count). The van der Waals surface area contributed by atoms with Crippen molar-refractivity contribution in [3.8, 4) is 0 Å². The minimum absolute atomic E-state index is 0.221. The van der Waals surface area contributed by atoms with E-state index in [-0.39, 0.29) is 11.5 Å². The van der Waals surface area contributed by atoms with Gasteiger partial charge in [-0.05, 0) is 61.4 Å². The molecule has 1 aliphatic heterocycles. The van der Waals surface area contributed by atoms with Crippen LogP contribution in [-0.4, -0.2) is 24.5 Å². The Bertz CT molecular complexity index is 1600. The average molecular weight is 550 g/mol. The van der Waals surface area contributed by atoms with E-state index in [2.05, 4.69) is 0 Å². The van der Waals surface area contributed by atoms with Gasteiger partial charge in [0.2, 0.25) is 0 Å². The summed E-state index contributed by atoms with van der Waals surface area (Å²) in [7, 11) is 0. The first-order valence-electron chi connectivity index (χ1n) is 11.1. The van der Waals surface area contributed by atoms with E-state index in [9.17, 15) is 9.59 Å². The van der Waals surface area contributed by atoms with Crippen LogP contribution in [0.1, 0.15) is 22.3 Å². The summed E-state index contributed by atoms with van der Waals surface area (Å²) in [5.74, 6) is -0.221. The van der Waals surface area contributed by atoms with E-state index in [1.807, 2.05) is 62.4 Å². The molecule has 9 heteroatoms. The number of benzene rings is 2. The van der Waals surface area contributed by atoms with Gasteiger partial charge in [-0.2, -0.15) is 0 Å². The standard InChI is InChI=1S/C27H20ClN3O2S3/c1-16-3-6-18(7-4-16)15-31-26(33)22(36-27(31)34)13-21-24(35-20-10-8-19(28)9-11-20)29-23-12-5-17(2)14-30(23)25(21)32/h3-14H,15H2,1-2H3. The second kappa shape index (κ2) is 10.2. The third-order valence-corrected chi connectivity index (χ3v) is 8.25. The van der Waals surface area contributed by atoms with Gasteiger partial charge in [-0.3, -0.25) is 18.9 Å². The molecule has 0 unspecified atom stereocenters. The van der Waals surface area contributed by atoms with Crippen LogP contribution in [0.4, 0.5) is 0 Å². The number of carbonyl (C=O) groups is 1. The number of aryl methyl sites for hydroxylation is 2. The zero-order chi connectivity index (χ0) is 25.4. The maximum absolute atomic E-state index is 13.6. The second-order valence-corrected chi connectivity index (χ2v) is 11.6. The number of nitrogens with zero attached hydrogens (tertiary/aromatic N) is 3. The van der Waals surface area contributed by atoms with Gasteiger partial charge in [-0.15, -0.1) is 0 Å². The van der Waals surface area contributed by atoms with Crippen LogP contribution < -0.4 is 5.56 Å². The zero-order valence-corrected chi connectivity index (χ0v) is 22.6. The smallest absolute Gasteiger partial charge is 0.266 e. The number of halogens is 1. The molecule has 0 bridgehead atoms. The first kappa shape index (κ1) is 24.8. The molecule has 1 aliphatic rings. The molecule has 0 saturated carbocycles. The lowest BCUT2D eigenvalue weighted by atomic mass is 10.1. The molecule has 1 amide bonds. The van der Waals surface area contributed by atoms with Crippen molar-refractivity contribution in [2.24, 2.45) is 0 Å². The van der Waals surface area contributed by atoms with Crippen molar-refractivity contribution in [2.75, 3.05) is 0 Å². The van der Waals surface area contributed by atoms with Gasteiger partial charge in [0.1, 0.15) is 15.0 Å². The average Bonchev–Trinajstić information content (AvgIpc) is 3.12. The van der Waals surface area contributed by atoms with Gasteiger partial charge in [-0.1, -0.05) is 83.2 Å². The molecular formula is C27H20ClN3O2S3. The lowest BCUT2D eigenvalue weighted by Crippen LogP contribution is -2.27. The molecule has 3 heterocycles. The van der Waals surface area contributed by atoms with Crippen molar-refractivity contribution in [1.82, 2.24) is 14.3 Å². The Morgan fingerprint density at radius 1 is 1.00 bits per heavy atom. The summed E-state index contributed by atoms with van der Waals surface area (Å²) in [5.41, 5.74) is 3.69. The Balaban J connectivity index is 1.56. The Labute approximate surface area is 227 Å². The summed E-state index contributed by atoms with van der Waals surface area (Å²) in [6.45, 7) is 4.31. The predicted molar refractivity (Wildman–Crippen MR) is 152 cm³/mol. The number of carbonyl (C=O) groups excluding carboxylic acids is 1. The molecule has 0 N–H and O–H groups in total. The predicted octanol–water partition coefficient (Wildman–Crippen LogP) is 6.52. The summed E-state index contributed by atoms with van der Waals surface area (Å²) in [4.78, 5) is 34.5. The summed E-state index contributed by atoms with van der Waals surface area (Å²) in [6.07, 6.45) is 3.37. The minimum atomic E-state index is -0.246. The lowest BCUT2D eigenvalue weighted by molar-refractivity contribution is -0.122. The maximum Gasteiger partial charge on any atom is 0.266 e. The summed E-state index contributed by atoms with van der Waals surface area (Å²) >= 11 is 14.1. The van der Waals surface area contributed by atoms with Crippen LogP contribution in [0.2, 0.25) is 5.02 Å². The number of aromatic nitrogens is 2. The summed E-state index contributed by atoms with van der Waals surface area (Å²) in [6, 6.07) is 19.0. The summed E-state index contributed by atoms with van der Waals surface area (Å²) in [5, 5.41) is 1.13. The van der Waals surface area contributed by atoms with Gasteiger partial charge in [0, 0.05) is 16.1 Å². The van der Waals surface area contributed by atoms with E-state index in [4.69, 9.17) is 28.8 Å². The van der Waals surface area contributed by atoms with Crippen molar-refractivity contribution in [2.45, 2.75) is 30.3 Å². The molecule has 2 aromatic heterocycles. The Kier molecular flexibility index (Phi) is 7.03. The highest BCUT2D eigenvalue weighted by atomic mass is 35.5. The molecule has 4 aromatic rings. The molecule has 2 aromatic carbocycles. The van der Waals surface area contributed by atoms with Gasteiger partial charge in [0.15, 0.2) is 0 Å². The number of thiocarbonyl (C=S) groups is 1. The lowest BCUT2D eigenvalue weighted by Gasteiger charge is -2.14. The fourth-order valence-corrected chi connectivity index (χ4v) is 5.95. The van der Waals surface area contributed by atoms with E-state index >= 15 is 0 Å². The van der Waals surface area contributed by atoms with Gasteiger partial charge >= 0.3 is 0 Å². The van der Waals surface area contributed by atoms with Crippen molar-refractivity contribution in [3.63, 3.8) is 0 Å². The SMILES string of the molecule is Cc1ccc(CN2C(=O)C(=Cc3c(Sc4ccc(Cl)cc4)nc4ccc(C)cn4c3=O)SC2=S)cc1. The fourth-order valence-electron chi connectivity index (χ4n) is 3.70. The van der Waals surface area contributed by atoms with Crippen molar-refractivity contribution in [1.29, 1.82) is 0 Å². The molecule has 0 spiro atoms. The number of hydrogen-bond acceptors (Lipinski definition) is 6. The number of fused-ring (bicyclic) bond motifs is 1. The topological polar surface area (TPSA) is 54.7 Å².